The SMILES string of the molecule is Cn1c(C(C)(F)F)nc2c1=CCCC=2. The first kappa shape index (κ1) is 9.37. The van der Waals surface area contributed by atoms with Gasteiger partial charge in [-0.25, -0.2) is 4.98 Å². The minimum Gasteiger partial charge on any atom is -0.326 e. The molecule has 2 rings (SSSR count). The van der Waals surface area contributed by atoms with Crippen molar-refractivity contribution in [3.63, 3.8) is 0 Å². The monoisotopic (exact) mass is 198 g/mol. The first-order chi connectivity index (χ1) is 6.50. The molecule has 1 heterocycles. The molecule has 0 amide bonds. The van der Waals surface area contributed by atoms with Crippen LogP contribution in [0.25, 0.3) is 12.2 Å². The van der Waals surface area contributed by atoms with Crippen LogP contribution in [-0.2, 0) is 13.0 Å². The van der Waals surface area contributed by atoms with Crippen LogP contribution >= 0.6 is 0 Å². The summed E-state index contributed by atoms with van der Waals surface area (Å²) >= 11 is 0. The molecule has 0 saturated carbocycles. The number of hydrogen-bond donors (Lipinski definition) is 0. The first-order valence-electron chi connectivity index (χ1n) is 4.61. The summed E-state index contributed by atoms with van der Waals surface area (Å²) in [7, 11) is 1.63. The second-order valence-electron chi connectivity index (χ2n) is 3.64. The highest BCUT2D eigenvalue weighted by Gasteiger charge is 2.30. The normalized spacial score (nSPS) is 15.7. The molecule has 1 aromatic heterocycles. The van der Waals surface area contributed by atoms with Gasteiger partial charge in [0, 0.05) is 14.0 Å². The van der Waals surface area contributed by atoms with Gasteiger partial charge in [0.2, 0.25) is 0 Å². The molecule has 0 spiro atoms. The molecular weight excluding hydrogens is 186 g/mol. The lowest BCUT2D eigenvalue weighted by Crippen LogP contribution is -2.30. The lowest BCUT2D eigenvalue weighted by atomic mass is 10.2. The number of hydrogen-bond acceptors (Lipinski definition) is 1. The molecule has 0 fully saturated rings. The van der Waals surface area contributed by atoms with E-state index in [9.17, 15) is 8.78 Å². The second kappa shape index (κ2) is 2.90. The van der Waals surface area contributed by atoms with E-state index in [0.717, 1.165) is 25.1 Å². The van der Waals surface area contributed by atoms with Gasteiger partial charge in [-0.1, -0.05) is 12.2 Å². The van der Waals surface area contributed by atoms with E-state index in [4.69, 9.17) is 0 Å². The molecule has 0 aromatic carbocycles. The van der Waals surface area contributed by atoms with Crippen LogP contribution in [0.4, 0.5) is 8.78 Å². The summed E-state index contributed by atoms with van der Waals surface area (Å²) in [6, 6.07) is 0. The zero-order chi connectivity index (χ0) is 10.3. The van der Waals surface area contributed by atoms with Gasteiger partial charge in [-0.15, -0.1) is 0 Å². The average molecular weight is 198 g/mol. The van der Waals surface area contributed by atoms with Gasteiger partial charge in [0.15, 0.2) is 5.82 Å². The Labute approximate surface area is 80.6 Å². The molecule has 1 aliphatic carbocycles. The van der Waals surface area contributed by atoms with Gasteiger partial charge in [0.05, 0.1) is 10.7 Å². The van der Waals surface area contributed by atoms with Crippen LogP contribution in [0.15, 0.2) is 0 Å². The van der Waals surface area contributed by atoms with Crippen molar-refractivity contribution in [3.8, 4) is 0 Å². The Morgan fingerprint density at radius 3 is 2.57 bits per heavy atom. The molecule has 14 heavy (non-hydrogen) atoms. The standard InChI is InChI=1S/C10H12F2N2/c1-10(11,12)9-13-7-5-3-4-6-8(7)14(9)2/h5-6H,3-4H2,1-2H3. The number of halogens is 2. The zero-order valence-electron chi connectivity index (χ0n) is 8.22. The predicted molar refractivity (Wildman–Crippen MR) is 50.2 cm³/mol. The summed E-state index contributed by atoms with van der Waals surface area (Å²) in [6.07, 6.45) is 5.65. The van der Waals surface area contributed by atoms with E-state index >= 15 is 0 Å². The van der Waals surface area contributed by atoms with Gasteiger partial charge in [-0.05, 0) is 12.8 Å². The second-order valence-corrected chi connectivity index (χ2v) is 3.64. The summed E-state index contributed by atoms with van der Waals surface area (Å²) in [4.78, 5) is 3.95. The fourth-order valence-corrected chi connectivity index (χ4v) is 1.76. The Bertz CT molecular complexity index is 466. The lowest BCUT2D eigenvalue weighted by molar-refractivity contribution is 0.00477. The van der Waals surface area contributed by atoms with E-state index in [1.165, 1.54) is 4.57 Å². The topological polar surface area (TPSA) is 17.8 Å². The molecule has 0 radical (unpaired) electrons. The van der Waals surface area contributed by atoms with Crippen molar-refractivity contribution in [2.75, 3.05) is 0 Å². The molecule has 0 saturated heterocycles. The molecule has 0 atom stereocenters. The lowest BCUT2D eigenvalue weighted by Gasteiger charge is -2.09. The Morgan fingerprint density at radius 2 is 2.00 bits per heavy atom. The predicted octanol–water partition coefficient (Wildman–Crippen LogP) is 0.887. The molecule has 76 valence electrons. The number of nitrogens with zero attached hydrogens (tertiary/aromatic N) is 2. The van der Waals surface area contributed by atoms with E-state index in [-0.39, 0.29) is 5.82 Å². The molecule has 1 aliphatic rings. The summed E-state index contributed by atoms with van der Waals surface area (Å²) < 4.78 is 27.7. The quantitative estimate of drug-likeness (QED) is 0.655. The van der Waals surface area contributed by atoms with Crippen molar-refractivity contribution < 1.29 is 8.78 Å². The van der Waals surface area contributed by atoms with Gasteiger partial charge >= 0.3 is 5.92 Å². The highest BCUT2D eigenvalue weighted by molar-refractivity contribution is 5.34. The number of imidazole rings is 1. The van der Waals surface area contributed by atoms with Crippen molar-refractivity contribution in [2.24, 2.45) is 7.05 Å². The van der Waals surface area contributed by atoms with Gasteiger partial charge in [0.25, 0.3) is 0 Å². The fraction of sp³-hybridized carbons (Fsp3) is 0.500. The zero-order valence-corrected chi connectivity index (χ0v) is 8.22. The van der Waals surface area contributed by atoms with Crippen LogP contribution < -0.4 is 10.7 Å². The maximum atomic E-state index is 13.1. The van der Waals surface area contributed by atoms with Crippen molar-refractivity contribution in [1.29, 1.82) is 0 Å². The summed E-state index contributed by atoms with van der Waals surface area (Å²) in [5, 5.41) is 1.50. The molecule has 1 aromatic rings. The van der Waals surface area contributed by atoms with E-state index in [1.54, 1.807) is 7.05 Å². The molecule has 4 heteroatoms. The van der Waals surface area contributed by atoms with E-state index in [1.807, 2.05) is 12.2 Å². The molecule has 0 aliphatic heterocycles. The minimum absolute atomic E-state index is 0.156. The maximum Gasteiger partial charge on any atom is 0.302 e. The number of aromatic nitrogens is 2. The Morgan fingerprint density at radius 1 is 1.36 bits per heavy atom. The molecule has 0 bridgehead atoms. The third-order valence-electron chi connectivity index (χ3n) is 2.40. The van der Waals surface area contributed by atoms with Crippen molar-refractivity contribution in [2.45, 2.75) is 25.7 Å². The van der Waals surface area contributed by atoms with E-state index in [0.29, 0.717) is 5.35 Å². The highest BCUT2D eigenvalue weighted by atomic mass is 19.3. The summed E-state index contributed by atoms with van der Waals surface area (Å²) in [6.45, 7) is 0.876. The summed E-state index contributed by atoms with van der Waals surface area (Å²) in [5.41, 5.74) is 0. The minimum atomic E-state index is -2.87. The maximum absolute atomic E-state index is 13.1. The third kappa shape index (κ3) is 1.35. The van der Waals surface area contributed by atoms with Gasteiger partial charge in [0.1, 0.15) is 0 Å². The number of alkyl halides is 2. The molecule has 2 nitrogen and oxygen atoms in total. The average Bonchev–Trinajstić information content (AvgIpc) is 2.44. The first-order valence-corrected chi connectivity index (χ1v) is 4.61. The van der Waals surface area contributed by atoms with Crippen LogP contribution in [0, 0.1) is 0 Å². The van der Waals surface area contributed by atoms with Gasteiger partial charge < -0.3 is 4.57 Å². The smallest absolute Gasteiger partial charge is 0.302 e. The largest absolute Gasteiger partial charge is 0.326 e. The third-order valence-corrected chi connectivity index (χ3v) is 2.40. The van der Waals surface area contributed by atoms with E-state index < -0.39 is 5.92 Å². The molecule has 0 N–H and O–H groups in total. The van der Waals surface area contributed by atoms with Crippen LogP contribution in [0.2, 0.25) is 0 Å². The van der Waals surface area contributed by atoms with Crippen LogP contribution in [0.3, 0.4) is 0 Å². The molecule has 0 unspecified atom stereocenters. The Balaban J connectivity index is 2.74. The summed E-state index contributed by atoms with van der Waals surface area (Å²) in [5.74, 6) is -3.02. The number of rotatable bonds is 1. The Hall–Kier alpha value is -1.19. The van der Waals surface area contributed by atoms with Crippen LogP contribution in [0.1, 0.15) is 25.6 Å². The molecular formula is C10H12F2N2. The highest BCUT2D eigenvalue weighted by Crippen LogP contribution is 2.22. The van der Waals surface area contributed by atoms with Crippen LogP contribution in [-0.4, -0.2) is 9.55 Å². The van der Waals surface area contributed by atoms with E-state index in [2.05, 4.69) is 4.98 Å². The van der Waals surface area contributed by atoms with Crippen LogP contribution in [0.5, 0.6) is 0 Å². The van der Waals surface area contributed by atoms with Crippen molar-refractivity contribution in [3.05, 3.63) is 16.5 Å². The Kier molecular flexibility index (Phi) is 1.94. The van der Waals surface area contributed by atoms with Gasteiger partial charge in [-0.3, -0.25) is 0 Å². The van der Waals surface area contributed by atoms with Crippen molar-refractivity contribution >= 4 is 12.2 Å². The van der Waals surface area contributed by atoms with Crippen molar-refractivity contribution in [1.82, 2.24) is 9.55 Å². The fourth-order valence-electron chi connectivity index (χ4n) is 1.76. The van der Waals surface area contributed by atoms with Gasteiger partial charge in [-0.2, -0.15) is 8.78 Å². The number of fused-ring (bicyclic) bond motifs is 1.